The number of carboxylic acids is 1. The van der Waals surface area contributed by atoms with Crippen molar-refractivity contribution in [2.45, 2.75) is 45.2 Å². The number of aliphatic carboxylic acids is 1. The van der Waals surface area contributed by atoms with Gasteiger partial charge < -0.3 is 15.2 Å². The maximum absolute atomic E-state index is 13.4. The lowest BCUT2D eigenvalue weighted by Gasteiger charge is -2.56. The zero-order valence-electron chi connectivity index (χ0n) is 21.6. The summed E-state index contributed by atoms with van der Waals surface area (Å²) in [4.78, 5) is 28.8. The lowest BCUT2D eigenvalue weighted by atomic mass is 9.50. The van der Waals surface area contributed by atoms with Crippen LogP contribution in [0.5, 0.6) is 5.88 Å². The van der Waals surface area contributed by atoms with Crippen molar-refractivity contribution in [1.82, 2.24) is 20.1 Å². The molecule has 1 amide bonds. The summed E-state index contributed by atoms with van der Waals surface area (Å²) in [5, 5.41) is 18.2. The van der Waals surface area contributed by atoms with Crippen LogP contribution >= 0.6 is 11.6 Å². The zero-order chi connectivity index (χ0) is 27.1. The summed E-state index contributed by atoms with van der Waals surface area (Å²) in [6, 6.07) is 15.6. The van der Waals surface area contributed by atoms with Crippen LogP contribution < -0.4 is 10.1 Å². The van der Waals surface area contributed by atoms with Gasteiger partial charge >= 0.3 is 5.97 Å². The summed E-state index contributed by atoms with van der Waals surface area (Å²) in [7, 11) is 0. The number of amides is 1. The van der Waals surface area contributed by atoms with Crippen LogP contribution in [0.3, 0.4) is 0 Å². The third kappa shape index (κ3) is 4.96. The highest BCUT2D eigenvalue weighted by Crippen LogP contribution is 2.58. The Kier molecular flexibility index (Phi) is 6.51. The van der Waals surface area contributed by atoms with Gasteiger partial charge in [0.15, 0.2) is 0 Å². The molecule has 39 heavy (non-hydrogen) atoms. The van der Waals surface area contributed by atoms with Crippen molar-refractivity contribution >= 4 is 34.4 Å². The SMILES string of the molecule is CCOc1cc(-c2ccc(Cn3ncc4cc(Cl)cc(C(=O)NC5CC6(C5)CC(C(=O)O)C6)c43)cc2)ccn1. The molecule has 0 saturated heterocycles. The van der Waals surface area contributed by atoms with Crippen molar-refractivity contribution in [3.63, 3.8) is 0 Å². The number of hydrogen-bond acceptors (Lipinski definition) is 5. The molecule has 1 spiro atoms. The summed E-state index contributed by atoms with van der Waals surface area (Å²) in [5.41, 5.74) is 4.43. The Balaban J connectivity index is 1.18. The maximum atomic E-state index is 13.4. The first-order chi connectivity index (χ1) is 18.8. The van der Waals surface area contributed by atoms with Crippen molar-refractivity contribution in [3.05, 3.63) is 77.1 Å². The first kappa shape index (κ1) is 25.4. The van der Waals surface area contributed by atoms with E-state index in [1.54, 1.807) is 18.5 Å². The highest BCUT2D eigenvalue weighted by atomic mass is 35.5. The van der Waals surface area contributed by atoms with Gasteiger partial charge in [0, 0.05) is 28.7 Å². The molecule has 2 saturated carbocycles. The van der Waals surface area contributed by atoms with E-state index in [0.29, 0.717) is 42.5 Å². The fourth-order valence-corrected chi connectivity index (χ4v) is 6.35. The number of aromatic nitrogens is 3. The number of halogens is 1. The number of benzene rings is 2. The van der Waals surface area contributed by atoms with E-state index >= 15 is 0 Å². The van der Waals surface area contributed by atoms with E-state index in [2.05, 4.69) is 39.7 Å². The molecule has 2 aliphatic carbocycles. The Hall–Kier alpha value is -3.91. The molecule has 200 valence electrons. The van der Waals surface area contributed by atoms with E-state index in [-0.39, 0.29) is 23.3 Å². The molecule has 2 aromatic heterocycles. The van der Waals surface area contributed by atoms with Gasteiger partial charge in [0.1, 0.15) is 0 Å². The van der Waals surface area contributed by atoms with Gasteiger partial charge in [0.05, 0.1) is 36.3 Å². The van der Waals surface area contributed by atoms with Crippen molar-refractivity contribution in [3.8, 4) is 17.0 Å². The highest BCUT2D eigenvalue weighted by Gasteiger charge is 2.55. The van der Waals surface area contributed by atoms with Crippen LogP contribution in [0.1, 0.15) is 48.5 Å². The number of carboxylic acid groups (broad SMARTS) is 1. The molecule has 0 unspecified atom stereocenters. The fraction of sp³-hybridized carbons (Fsp3) is 0.333. The first-order valence-corrected chi connectivity index (χ1v) is 13.6. The summed E-state index contributed by atoms with van der Waals surface area (Å²) in [5.74, 6) is -0.544. The lowest BCUT2D eigenvalue weighted by molar-refractivity contribution is -0.155. The Morgan fingerprint density at radius 3 is 2.59 bits per heavy atom. The number of carbonyl (C=O) groups is 2. The monoisotopic (exact) mass is 544 g/mol. The Bertz CT molecular complexity index is 1550. The number of hydrogen-bond donors (Lipinski definition) is 2. The maximum Gasteiger partial charge on any atom is 0.306 e. The average Bonchev–Trinajstić information content (AvgIpc) is 3.26. The Morgan fingerprint density at radius 1 is 1.10 bits per heavy atom. The number of carbonyl (C=O) groups excluding carboxylic acids is 1. The van der Waals surface area contributed by atoms with Crippen molar-refractivity contribution in [1.29, 1.82) is 0 Å². The highest BCUT2D eigenvalue weighted by molar-refractivity contribution is 6.32. The van der Waals surface area contributed by atoms with Gasteiger partial charge in [-0.25, -0.2) is 4.98 Å². The normalized spacial score (nSPS) is 21.8. The second-order valence-electron chi connectivity index (χ2n) is 10.7. The molecule has 2 aromatic carbocycles. The van der Waals surface area contributed by atoms with Gasteiger partial charge in [-0.3, -0.25) is 14.3 Å². The molecule has 0 bridgehead atoms. The minimum atomic E-state index is -0.717. The Morgan fingerprint density at radius 2 is 1.87 bits per heavy atom. The third-order valence-corrected chi connectivity index (χ3v) is 8.21. The summed E-state index contributed by atoms with van der Waals surface area (Å²) in [6.07, 6.45) is 6.53. The first-order valence-electron chi connectivity index (χ1n) is 13.2. The number of nitrogens with one attached hydrogen (secondary N) is 1. The number of rotatable bonds is 8. The van der Waals surface area contributed by atoms with Crippen LogP contribution in [0.15, 0.2) is 60.9 Å². The van der Waals surface area contributed by atoms with Crippen LogP contribution in [0.4, 0.5) is 0 Å². The van der Waals surface area contributed by atoms with Crippen LogP contribution in [-0.4, -0.2) is 44.4 Å². The second kappa shape index (κ2) is 10.0. The number of pyridine rings is 1. The molecule has 0 atom stereocenters. The molecule has 4 aromatic rings. The van der Waals surface area contributed by atoms with Crippen molar-refractivity contribution in [2.24, 2.45) is 11.3 Å². The van der Waals surface area contributed by atoms with E-state index in [1.807, 2.05) is 29.8 Å². The Labute approximate surface area is 231 Å². The molecular weight excluding hydrogens is 516 g/mol. The van der Waals surface area contributed by atoms with Gasteiger partial charge in [-0.15, -0.1) is 0 Å². The topological polar surface area (TPSA) is 106 Å². The number of nitrogens with zero attached hydrogens (tertiary/aromatic N) is 3. The fourth-order valence-electron chi connectivity index (χ4n) is 6.13. The summed E-state index contributed by atoms with van der Waals surface area (Å²) < 4.78 is 7.36. The van der Waals surface area contributed by atoms with E-state index in [1.165, 1.54) is 0 Å². The van der Waals surface area contributed by atoms with Crippen LogP contribution in [0, 0.1) is 11.3 Å². The molecule has 2 N–H and O–H groups in total. The van der Waals surface area contributed by atoms with E-state index in [0.717, 1.165) is 40.4 Å². The summed E-state index contributed by atoms with van der Waals surface area (Å²) in [6.45, 7) is 2.99. The van der Waals surface area contributed by atoms with Crippen molar-refractivity contribution in [2.75, 3.05) is 6.61 Å². The number of fused-ring (bicyclic) bond motifs is 1. The van der Waals surface area contributed by atoms with E-state index < -0.39 is 5.97 Å². The standard InChI is InChI=1S/C30H29ClN4O4/c1-2-39-26-10-20(7-8-32-26)19-5-3-18(4-6-19)17-35-27-21(16-33-35)9-23(31)11-25(27)28(36)34-24-14-30(15-24)12-22(13-30)29(37)38/h3-11,16,22,24H,2,12-15,17H2,1H3,(H,34,36)(H,37,38). The van der Waals surface area contributed by atoms with Gasteiger partial charge in [0.2, 0.25) is 5.88 Å². The van der Waals surface area contributed by atoms with E-state index in [4.69, 9.17) is 16.3 Å². The number of ether oxygens (including phenoxy) is 1. The molecule has 6 rings (SSSR count). The van der Waals surface area contributed by atoms with Gasteiger partial charge in [-0.2, -0.15) is 5.10 Å². The van der Waals surface area contributed by atoms with Crippen LogP contribution in [0.2, 0.25) is 5.02 Å². The van der Waals surface area contributed by atoms with E-state index in [9.17, 15) is 14.7 Å². The minimum Gasteiger partial charge on any atom is -0.481 e. The molecular formula is C30H29ClN4O4. The predicted molar refractivity (Wildman–Crippen MR) is 148 cm³/mol. The van der Waals surface area contributed by atoms with Crippen LogP contribution in [0.25, 0.3) is 22.0 Å². The van der Waals surface area contributed by atoms with Gasteiger partial charge in [0.25, 0.3) is 5.91 Å². The van der Waals surface area contributed by atoms with Crippen LogP contribution in [-0.2, 0) is 11.3 Å². The molecule has 8 nitrogen and oxygen atoms in total. The molecule has 9 heteroatoms. The second-order valence-corrected chi connectivity index (χ2v) is 11.2. The van der Waals surface area contributed by atoms with Crippen molar-refractivity contribution < 1.29 is 19.4 Å². The zero-order valence-corrected chi connectivity index (χ0v) is 22.3. The minimum absolute atomic E-state index is 0.0432. The quantitative estimate of drug-likeness (QED) is 0.300. The smallest absolute Gasteiger partial charge is 0.306 e. The average molecular weight is 545 g/mol. The molecule has 0 aliphatic heterocycles. The summed E-state index contributed by atoms with van der Waals surface area (Å²) >= 11 is 6.36. The lowest BCUT2D eigenvalue weighted by Crippen LogP contribution is -2.57. The molecule has 0 radical (unpaired) electrons. The largest absolute Gasteiger partial charge is 0.481 e. The molecule has 2 aliphatic rings. The molecule has 2 heterocycles. The van der Waals surface area contributed by atoms with Gasteiger partial charge in [-0.1, -0.05) is 35.9 Å². The molecule has 2 fully saturated rings. The van der Waals surface area contributed by atoms with Gasteiger partial charge in [-0.05, 0) is 72.9 Å². The predicted octanol–water partition coefficient (Wildman–Crippen LogP) is 5.57. The third-order valence-electron chi connectivity index (χ3n) is 7.99.